The topological polar surface area (TPSA) is 51.5 Å². The van der Waals surface area contributed by atoms with Gasteiger partial charge in [0.2, 0.25) is 0 Å². The Hall–Kier alpha value is -2.94. The first-order valence-corrected chi connectivity index (χ1v) is 10.2. The lowest BCUT2D eigenvalue weighted by Gasteiger charge is -2.12. The van der Waals surface area contributed by atoms with Crippen molar-refractivity contribution in [1.82, 2.24) is 0 Å². The van der Waals surface area contributed by atoms with Crippen LogP contribution in [0, 0.1) is 11.3 Å². The molecule has 0 unspecified atom stereocenters. The van der Waals surface area contributed by atoms with Crippen LogP contribution in [0.4, 0.5) is 0 Å². The molecule has 152 valence electrons. The molecular formula is C24H19BrClNO3. The van der Waals surface area contributed by atoms with Crippen molar-refractivity contribution in [3.8, 4) is 23.3 Å². The molecule has 0 N–H and O–H groups in total. The second-order valence-electron chi connectivity index (χ2n) is 6.30. The molecule has 30 heavy (non-hydrogen) atoms. The van der Waals surface area contributed by atoms with Crippen LogP contribution in [0.3, 0.4) is 0 Å². The maximum atomic E-state index is 9.78. The fraction of sp³-hybridized carbons (Fsp3) is 0.125. The molecule has 0 aliphatic carbocycles. The van der Waals surface area contributed by atoms with Gasteiger partial charge in [0.25, 0.3) is 0 Å². The molecule has 0 amide bonds. The van der Waals surface area contributed by atoms with Crippen LogP contribution in [0.25, 0.3) is 11.6 Å². The molecule has 0 saturated heterocycles. The first-order chi connectivity index (χ1) is 14.5. The van der Waals surface area contributed by atoms with Crippen molar-refractivity contribution in [2.75, 3.05) is 14.2 Å². The maximum absolute atomic E-state index is 9.78. The average molecular weight is 485 g/mol. The van der Waals surface area contributed by atoms with Gasteiger partial charge < -0.3 is 14.2 Å². The summed E-state index contributed by atoms with van der Waals surface area (Å²) < 4.78 is 17.5. The first kappa shape index (κ1) is 21.8. The Bertz CT molecular complexity index is 1120. The summed E-state index contributed by atoms with van der Waals surface area (Å²) in [5.41, 5.74) is 2.84. The van der Waals surface area contributed by atoms with E-state index in [2.05, 4.69) is 22.0 Å². The van der Waals surface area contributed by atoms with E-state index in [0.29, 0.717) is 40.0 Å². The number of ether oxygens (including phenoxy) is 3. The zero-order valence-corrected chi connectivity index (χ0v) is 18.8. The van der Waals surface area contributed by atoms with Gasteiger partial charge in [-0.1, -0.05) is 45.7 Å². The minimum Gasteiger partial charge on any atom is -0.493 e. The van der Waals surface area contributed by atoms with Gasteiger partial charge in [0.1, 0.15) is 12.4 Å². The highest BCUT2D eigenvalue weighted by molar-refractivity contribution is 9.10. The number of methoxy groups -OCH3 is 2. The van der Waals surface area contributed by atoms with E-state index >= 15 is 0 Å². The van der Waals surface area contributed by atoms with E-state index in [1.54, 1.807) is 32.4 Å². The quantitative estimate of drug-likeness (QED) is 0.274. The summed E-state index contributed by atoms with van der Waals surface area (Å²) in [6.45, 7) is 0.320. The molecule has 3 aromatic carbocycles. The van der Waals surface area contributed by atoms with E-state index in [1.165, 1.54) is 0 Å². The van der Waals surface area contributed by atoms with Gasteiger partial charge in [-0.05, 0) is 54.1 Å². The van der Waals surface area contributed by atoms with Gasteiger partial charge in [0, 0.05) is 20.6 Å². The third-order valence-electron chi connectivity index (χ3n) is 4.43. The van der Waals surface area contributed by atoms with Crippen molar-refractivity contribution in [3.63, 3.8) is 0 Å². The highest BCUT2D eigenvalue weighted by Gasteiger charge is 2.11. The van der Waals surface area contributed by atoms with Crippen LogP contribution in [0.2, 0.25) is 5.02 Å². The molecule has 0 radical (unpaired) electrons. The van der Waals surface area contributed by atoms with Gasteiger partial charge in [-0.3, -0.25) is 0 Å². The number of nitrogens with zero attached hydrogens (tertiary/aromatic N) is 1. The maximum Gasteiger partial charge on any atom is 0.161 e. The van der Waals surface area contributed by atoms with Crippen molar-refractivity contribution in [1.29, 1.82) is 5.26 Å². The molecule has 3 rings (SSSR count). The highest BCUT2D eigenvalue weighted by atomic mass is 79.9. The Kier molecular flexibility index (Phi) is 7.40. The Morgan fingerprint density at radius 3 is 2.43 bits per heavy atom. The van der Waals surface area contributed by atoms with E-state index in [9.17, 15) is 5.26 Å². The molecule has 0 aliphatic heterocycles. The smallest absolute Gasteiger partial charge is 0.161 e. The summed E-state index contributed by atoms with van der Waals surface area (Å²) in [4.78, 5) is 0. The van der Waals surface area contributed by atoms with Gasteiger partial charge in [-0.25, -0.2) is 0 Å². The van der Waals surface area contributed by atoms with Crippen LogP contribution < -0.4 is 14.2 Å². The van der Waals surface area contributed by atoms with Crippen LogP contribution in [0.15, 0.2) is 65.1 Å². The fourth-order valence-electron chi connectivity index (χ4n) is 2.87. The molecule has 0 bridgehead atoms. The molecular weight excluding hydrogens is 466 g/mol. The number of hydrogen-bond donors (Lipinski definition) is 0. The van der Waals surface area contributed by atoms with Gasteiger partial charge in [-0.2, -0.15) is 5.26 Å². The predicted octanol–water partition coefficient (Wildman–Crippen LogP) is 6.76. The predicted molar refractivity (Wildman–Crippen MR) is 123 cm³/mol. The van der Waals surface area contributed by atoms with Gasteiger partial charge in [0.15, 0.2) is 11.5 Å². The van der Waals surface area contributed by atoms with Gasteiger partial charge in [-0.15, -0.1) is 0 Å². The SMILES string of the molecule is COc1ccc(/C(C#N)=C/c2cc(Br)ccc2OCc2ccccc2Cl)cc1OC. The first-order valence-electron chi connectivity index (χ1n) is 9.05. The number of hydrogen-bond acceptors (Lipinski definition) is 4. The molecule has 0 atom stereocenters. The van der Waals surface area contributed by atoms with Crippen LogP contribution >= 0.6 is 27.5 Å². The van der Waals surface area contributed by atoms with Crippen LogP contribution in [-0.4, -0.2) is 14.2 Å². The van der Waals surface area contributed by atoms with Crippen molar-refractivity contribution in [3.05, 3.63) is 86.8 Å². The third-order valence-corrected chi connectivity index (χ3v) is 5.29. The van der Waals surface area contributed by atoms with E-state index < -0.39 is 0 Å². The molecule has 0 spiro atoms. The Morgan fingerprint density at radius 2 is 1.73 bits per heavy atom. The number of nitriles is 1. The standard InChI is InChI=1S/C24H19BrClNO3/c1-28-23-9-7-16(13-24(23)29-2)19(14-27)11-18-12-20(25)8-10-22(18)30-15-17-5-3-4-6-21(17)26/h3-13H,15H2,1-2H3/b19-11+. The number of rotatable bonds is 7. The Morgan fingerprint density at radius 1 is 1.00 bits per heavy atom. The van der Waals surface area contributed by atoms with E-state index in [1.807, 2.05) is 48.5 Å². The molecule has 0 fully saturated rings. The van der Waals surface area contributed by atoms with Crippen LogP contribution in [0.5, 0.6) is 17.2 Å². The minimum atomic E-state index is 0.320. The monoisotopic (exact) mass is 483 g/mol. The van der Waals surface area contributed by atoms with Gasteiger partial charge in [0.05, 0.1) is 25.9 Å². The Labute approximate surface area is 189 Å². The van der Waals surface area contributed by atoms with E-state index in [0.717, 1.165) is 15.6 Å². The van der Waals surface area contributed by atoms with Crippen molar-refractivity contribution in [2.24, 2.45) is 0 Å². The largest absolute Gasteiger partial charge is 0.493 e. The van der Waals surface area contributed by atoms with E-state index in [4.69, 9.17) is 25.8 Å². The van der Waals surface area contributed by atoms with Crippen molar-refractivity contribution >= 4 is 39.2 Å². The summed E-state index contributed by atoms with van der Waals surface area (Å²) in [7, 11) is 3.13. The van der Waals surface area contributed by atoms with Gasteiger partial charge >= 0.3 is 0 Å². The van der Waals surface area contributed by atoms with Crippen molar-refractivity contribution in [2.45, 2.75) is 6.61 Å². The fourth-order valence-corrected chi connectivity index (χ4v) is 3.44. The summed E-state index contributed by atoms with van der Waals surface area (Å²) >= 11 is 9.72. The molecule has 0 saturated carbocycles. The van der Waals surface area contributed by atoms with Crippen molar-refractivity contribution < 1.29 is 14.2 Å². The number of benzene rings is 3. The molecule has 6 heteroatoms. The Balaban J connectivity index is 1.96. The molecule has 3 aromatic rings. The lowest BCUT2D eigenvalue weighted by atomic mass is 10.0. The number of allylic oxidation sites excluding steroid dienone is 1. The molecule has 0 heterocycles. The summed E-state index contributed by atoms with van der Waals surface area (Å²) in [6.07, 6.45) is 1.79. The minimum absolute atomic E-state index is 0.320. The normalized spacial score (nSPS) is 11.0. The second kappa shape index (κ2) is 10.2. The summed E-state index contributed by atoms with van der Waals surface area (Å²) in [5.74, 6) is 1.80. The number of halogens is 2. The van der Waals surface area contributed by atoms with Crippen LogP contribution in [0.1, 0.15) is 16.7 Å². The summed E-state index contributed by atoms with van der Waals surface area (Å²) in [5, 5.41) is 10.4. The zero-order chi connectivity index (χ0) is 21.5. The highest BCUT2D eigenvalue weighted by Crippen LogP contribution is 2.33. The van der Waals surface area contributed by atoms with E-state index in [-0.39, 0.29) is 0 Å². The van der Waals surface area contributed by atoms with Crippen LogP contribution in [-0.2, 0) is 6.61 Å². The second-order valence-corrected chi connectivity index (χ2v) is 7.62. The lowest BCUT2D eigenvalue weighted by molar-refractivity contribution is 0.305. The lowest BCUT2D eigenvalue weighted by Crippen LogP contribution is -1.98. The third kappa shape index (κ3) is 5.15. The molecule has 0 aliphatic rings. The molecule has 4 nitrogen and oxygen atoms in total. The summed E-state index contributed by atoms with van der Waals surface area (Å²) in [6, 6.07) is 20.8. The average Bonchev–Trinajstić information content (AvgIpc) is 2.77. The zero-order valence-electron chi connectivity index (χ0n) is 16.5. The molecule has 0 aromatic heterocycles.